The fourth-order valence-electron chi connectivity index (χ4n) is 0. The summed E-state index contributed by atoms with van der Waals surface area (Å²) in [6.45, 7) is 4.00. The van der Waals surface area contributed by atoms with E-state index in [1.807, 2.05) is 20.3 Å². The number of rotatable bonds is 0. The van der Waals surface area contributed by atoms with Gasteiger partial charge in [0.05, 0.1) is 0 Å². The van der Waals surface area contributed by atoms with Crippen molar-refractivity contribution in [1.29, 1.82) is 0 Å². The second kappa shape index (κ2) is 23.0. The third-order valence-electron chi connectivity index (χ3n) is 0. The Labute approximate surface area is 47.7 Å². The molecular formula is C4H10Zn. The molecule has 5 heavy (non-hydrogen) atoms. The molecule has 0 radical (unpaired) electrons. The SMILES string of the molecule is C[CH-]C.[CH3-].[Zn+2]. The van der Waals surface area contributed by atoms with Gasteiger partial charge in [-0.05, 0) is 0 Å². The molecule has 28 valence electrons. The van der Waals surface area contributed by atoms with Crippen LogP contribution in [-0.2, 0) is 19.5 Å². The predicted octanol–water partition coefficient (Wildman–Crippen LogP) is 1.68. The van der Waals surface area contributed by atoms with E-state index in [0.717, 1.165) is 0 Å². The molecule has 0 saturated heterocycles. The minimum absolute atomic E-state index is 0. The Bertz CT molecular complexity index is 3.61. The largest absolute Gasteiger partial charge is 2.00 e. The molecule has 0 aromatic carbocycles. The molecule has 0 amide bonds. The van der Waals surface area contributed by atoms with Crippen molar-refractivity contribution in [1.82, 2.24) is 0 Å². The molecule has 0 fully saturated rings. The molecule has 0 atom stereocenters. The summed E-state index contributed by atoms with van der Waals surface area (Å²) in [6.07, 6.45) is 2.00. The summed E-state index contributed by atoms with van der Waals surface area (Å²) < 4.78 is 0. The Morgan fingerprint density at radius 2 is 1.20 bits per heavy atom. The first-order chi connectivity index (χ1) is 1.41. The quantitative estimate of drug-likeness (QED) is 0.340. The van der Waals surface area contributed by atoms with E-state index in [0.29, 0.717) is 0 Å². The van der Waals surface area contributed by atoms with Crippen LogP contribution >= 0.6 is 0 Å². The molecule has 0 aliphatic carbocycles. The van der Waals surface area contributed by atoms with E-state index in [-0.39, 0.29) is 26.9 Å². The van der Waals surface area contributed by atoms with Gasteiger partial charge in [0.2, 0.25) is 0 Å². The summed E-state index contributed by atoms with van der Waals surface area (Å²) in [5.41, 5.74) is 0. The molecule has 0 nitrogen and oxygen atoms in total. The fraction of sp³-hybridized carbons (Fsp3) is 0.500. The van der Waals surface area contributed by atoms with Crippen LogP contribution in [0, 0.1) is 13.8 Å². The van der Waals surface area contributed by atoms with E-state index in [4.69, 9.17) is 0 Å². The Kier molecular flexibility index (Phi) is 80.5. The van der Waals surface area contributed by atoms with Crippen molar-refractivity contribution in [3.63, 3.8) is 0 Å². The van der Waals surface area contributed by atoms with Crippen LogP contribution in [0.15, 0.2) is 0 Å². The van der Waals surface area contributed by atoms with Crippen molar-refractivity contribution in [3.8, 4) is 0 Å². The first-order valence-corrected chi connectivity index (χ1v) is 1.15. The second-order valence-corrected chi connectivity index (χ2v) is 0.577. The minimum atomic E-state index is 0. The van der Waals surface area contributed by atoms with Gasteiger partial charge in [0.1, 0.15) is 0 Å². The average Bonchev–Trinajstić information content (AvgIpc) is 0.918. The van der Waals surface area contributed by atoms with E-state index in [9.17, 15) is 0 Å². The number of hydrogen-bond acceptors (Lipinski definition) is 0. The zero-order chi connectivity index (χ0) is 2.71. The Morgan fingerprint density at radius 1 is 1.20 bits per heavy atom. The number of hydrogen-bond donors (Lipinski definition) is 0. The molecule has 0 unspecified atom stereocenters. The molecule has 0 spiro atoms. The molecular weight excluding hydrogens is 113 g/mol. The second-order valence-electron chi connectivity index (χ2n) is 0.577. The third kappa shape index (κ3) is 81.9. The summed E-state index contributed by atoms with van der Waals surface area (Å²) >= 11 is 0. The van der Waals surface area contributed by atoms with Gasteiger partial charge in [0.15, 0.2) is 0 Å². The van der Waals surface area contributed by atoms with Crippen LogP contribution in [0.5, 0.6) is 0 Å². The molecule has 0 rings (SSSR count). The molecule has 0 saturated carbocycles. The van der Waals surface area contributed by atoms with Crippen molar-refractivity contribution in [3.05, 3.63) is 13.8 Å². The standard InChI is InChI=1S/C3H7.CH3.Zn/c1-3-2;;/h3H,1-2H3;1H3;/q2*-1;+2. The molecule has 0 N–H and O–H groups in total. The average molecular weight is 124 g/mol. The van der Waals surface area contributed by atoms with E-state index >= 15 is 0 Å². The fourth-order valence-corrected chi connectivity index (χ4v) is 0. The summed E-state index contributed by atoms with van der Waals surface area (Å²) in [6, 6.07) is 0. The van der Waals surface area contributed by atoms with Crippen LogP contribution in [0.3, 0.4) is 0 Å². The zero-order valence-electron chi connectivity index (χ0n) is 4.28. The van der Waals surface area contributed by atoms with Crippen LogP contribution in [0.25, 0.3) is 0 Å². The van der Waals surface area contributed by atoms with Crippen molar-refractivity contribution in [2.45, 2.75) is 13.8 Å². The summed E-state index contributed by atoms with van der Waals surface area (Å²) in [5.74, 6) is 0. The van der Waals surface area contributed by atoms with Gasteiger partial charge in [-0.25, -0.2) is 0 Å². The van der Waals surface area contributed by atoms with Crippen LogP contribution in [0.1, 0.15) is 13.8 Å². The third-order valence-corrected chi connectivity index (χ3v) is 0. The van der Waals surface area contributed by atoms with Gasteiger partial charge in [-0.2, -0.15) is 13.8 Å². The maximum Gasteiger partial charge on any atom is 2.00 e. The molecule has 0 bridgehead atoms. The Hall–Kier alpha value is 0.623. The molecule has 0 aromatic heterocycles. The van der Waals surface area contributed by atoms with Crippen LogP contribution in [0.2, 0.25) is 0 Å². The first kappa shape index (κ1) is 17.5. The summed E-state index contributed by atoms with van der Waals surface area (Å²) in [4.78, 5) is 0. The van der Waals surface area contributed by atoms with E-state index in [2.05, 4.69) is 0 Å². The Morgan fingerprint density at radius 3 is 1.20 bits per heavy atom. The van der Waals surface area contributed by atoms with Gasteiger partial charge in [0.25, 0.3) is 0 Å². The molecule has 0 aliphatic heterocycles. The smallest absolute Gasteiger partial charge is 0.358 e. The molecule has 0 heterocycles. The van der Waals surface area contributed by atoms with Crippen molar-refractivity contribution in [2.75, 3.05) is 0 Å². The van der Waals surface area contributed by atoms with E-state index in [1.54, 1.807) is 0 Å². The molecule has 1 heteroatoms. The normalized spacial score (nSPS) is 3.60. The van der Waals surface area contributed by atoms with Crippen molar-refractivity contribution < 1.29 is 19.5 Å². The molecule has 0 aromatic rings. The maximum atomic E-state index is 2.00. The van der Waals surface area contributed by atoms with Crippen molar-refractivity contribution in [2.24, 2.45) is 0 Å². The van der Waals surface area contributed by atoms with Crippen LogP contribution in [-0.4, -0.2) is 0 Å². The summed E-state index contributed by atoms with van der Waals surface area (Å²) in [7, 11) is 0. The zero-order valence-corrected chi connectivity index (χ0v) is 7.25. The van der Waals surface area contributed by atoms with Gasteiger partial charge in [-0.15, -0.1) is 0 Å². The van der Waals surface area contributed by atoms with Gasteiger partial charge in [-0.3, -0.25) is 0 Å². The first-order valence-electron chi connectivity index (χ1n) is 1.15. The van der Waals surface area contributed by atoms with Gasteiger partial charge in [-0.1, -0.05) is 0 Å². The maximum absolute atomic E-state index is 2.00. The van der Waals surface area contributed by atoms with Crippen molar-refractivity contribution >= 4 is 0 Å². The minimum Gasteiger partial charge on any atom is -0.358 e. The Balaban J connectivity index is -0.0000000200. The van der Waals surface area contributed by atoms with Gasteiger partial charge < -0.3 is 13.8 Å². The topological polar surface area (TPSA) is 0 Å². The summed E-state index contributed by atoms with van der Waals surface area (Å²) in [5, 5.41) is 0. The van der Waals surface area contributed by atoms with Crippen LogP contribution < -0.4 is 0 Å². The van der Waals surface area contributed by atoms with E-state index in [1.165, 1.54) is 0 Å². The van der Waals surface area contributed by atoms with E-state index < -0.39 is 0 Å². The van der Waals surface area contributed by atoms with Crippen LogP contribution in [0.4, 0.5) is 0 Å². The monoisotopic (exact) mass is 122 g/mol. The predicted molar refractivity (Wildman–Crippen MR) is 22.1 cm³/mol. The van der Waals surface area contributed by atoms with Gasteiger partial charge in [0, 0.05) is 0 Å². The molecule has 0 aliphatic rings. The van der Waals surface area contributed by atoms with Gasteiger partial charge >= 0.3 is 19.5 Å².